The number of amides is 4. The van der Waals surface area contributed by atoms with E-state index in [2.05, 4.69) is 20.1 Å². The molecule has 2 aromatic rings. The number of fused-ring (bicyclic) bond motifs is 2. The molecule has 4 rings (SSSR count). The Bertz CT molecular complexity index is 1310. The summed E-state index contributed by atoms with van der Waals surface area (Å²) in [6.07, 6.45) is -1.68. The minimum Gasteiger partial charge on any atom is -0.370 e. The number of rotatable bonds is 10. The van der Waals surface area contributed by atoms with Crippen LogP contribution in [-0.4, -0.2) is 93.0 Å². The van der Waals surface area contributed by atoms with Crippen molar-refractivity contribution in [2.45, 2.75) is 56.3 Å². The van der Waals surface area contributed by atoms with E-state index in [-0.39, 0.29) is 42.5 Å². The van der Waals surface area contributed by atoms with Crippen molar-refractivity contribution in [1.82, 2.24) is 25.4 Å². The van der Waals surface area contributed by atoms with Gasteiger partial charge in [0.1, 0.15) is 17.8 Å². The van der Waals surface area contributed by atoms with Crippen molar-refractivity contribution in [2.24, 2.45) is 5.73 Å². The lowest BCUT2D eigenvalue weighted by Crippen LogP contribution is -2.60. The molecule has 13 nitrogen and oxygen atoms in total. The highest BCUT2D eigenvalue weighted by Gasteiger charge is 2.44. The Morgan fingerprint density at radius 2 is 1.98 bits per heavy atom. The molecule has 2 fully saturated rings. The van der Waals surface area contributed by atoms with Gasteiger partial charge in [-0.15, -0.1) is 0 Å². The zero-order valence-electron chi connectivity index (χ0n) is 22.3. The maximum Gasteiger partial charge on any atom is 0.389 e. The first-order valence-corrected chi connectivity index (χ1v) is 14.3. The Hall–Kier alpha value is -3.23. The molecule has 0 saturated carbocycles. The largest absolute Gasteiger partial charge is 0.389 e. The van der Waals surface area contributed by atoms with Crippen LogP contribution in [-0.2, 0) is 25.0 Å². The molecule has 0 aliphatic carbocycles. The van der Waals surface area contributed by atoms with E-state index in [1.165, 1.54) is 12.1 Å². The zero-order valence-corrected chi connectivity index (χ0v) is 23.2. The predicted molar refractivity (Wildman–Crippen MR) is 143 cm³/mol. The normalized spacial score (nSPS) is 22.0. The van der Waals surface area contributed by atoms with Crippen molar-refractivity contribution in [2.75, 3.05) is 26.7 Å². The molecule has 3 atom stereocenters. The molecule has 0 unspecified atom stereocenters. The van der Waals surface area contributed by atoms with E-state index in [0.29, 0.717) is 37.7 Å². The number of likely N-dealkylation sites (N-methyl/N-ethyl adjacent to an activating group) is 1. The number of hydrogen-bond acceptors (Lipinski definition) is 8. The SMILES string of the molecule is CN1CC[C@H]2CC[C@@H](C(=O)NCCCC(N)=O)N2C(=O)[C@@H](NC(=O)c2cc3cc(C(F)(F)OP(O)O)ccc3[nH]2)C1. The van der Waals surface area contributed by atoms with Gasteiger partial charge in [-0.2, -0.15) is 8.78 Å². The molecule has 7 N–H and O–H groups in total. The van der Waals surface area contributed by atoms with Crippen molar-refractivity contribution >= 4 is 43.1 Å². The van der Waals surface area contributed by atoms with Crippen LogP contribution in [0, 0.1) is 0 Å². The molecule has 3 heterocycles. The van der Waals surface area contributed by atoms with Gasteiger partial charge in [0.15, 0.2) is 0 Å². The lowest BCUT2D eigenvalue weighted by Gasteiger charge is -2.37. The van der Waals surface area contributed by atoms with Crippen LogP contribution >= 0.6 is 8.60 Å². The molecule has 2 aliphatic heterocycles. The van der Waals surface area contributed by atoms with Crippen LogP contribution in [0.15, 0.2) is 24.3 Å². The Kier molecular flexibility index (Phi) is 9.55. The van der Waals surface area contributed by atoms with Crippen molar-refractivity contribution in [3.63, 3.8) is 0 Å². The number of alkyl halides is 2. The fraction of sp³-hybridized carbons (Fsp3) is 0.520. The Morgan fingerprint density at radius 3 is 2.68 bits per heavy atom. The molecule has 1 aromatic heterocycles. The third-order valence-electron chi connectivity index (χ3n) is 7.30. The number of nitrogens with zero attached hydrogens (tertiary/aromatic N) is 2. The highest BCUT2D eigenvalue weighted by atomic mass is 31.2. The van der Waals surface area contributed by atoms with Crippen molar-refractivity contribution in [3.8, 4) is 0 Å². The number of nitrogens with two attached hydrogens (primary N) is 1. The predicted octanol–water partition coefficient (Wildman–Crippen LogP) is 0.621. The van der Waals surface area contributed by atoms with Crippen LogP contribution in [0.1, 0.15) is 48.2 Å². The van der Waals surface area contributed by atoms with Gasteiger partial charge in [0.25, 0.3) is 5.91 Å². The first-order chi connectivity index (χ1) is 19.4. The first-order valence-electron chi connectivity index (χ1n) is 13.1. The Morgan fingerprint density at radius 1 is 1.22 bits per heavy atom. The third-order valence-corrected chi connectivity index (χ3v) is 7.69. The molecule has 0 radical (unpaired) electrons. The van der Waals surface area contributed by atoms with Gasteiger partial charge >= 0.3 is 14.7 Å². The molecular weight excluding hydrogens is 565 g/mol. The highest BCUT2D eigenvalue weighted by molar-refractivity contribution is 7.39. The Balaban J connectivity index is 1.49. The second kappa shape index (κ2) is 12.7. The van der Waals surface area contributed by atoms with Crippen molar-refractivity contribution in [3.05, 3.63) is 35.5 Å². The summed E-state index contributed by atoms with van der Waals surface area (Å²) in [7, 11) is -1.47. The van der Waals surface area contributed by atoms with E-state index in [9.17, 15) is 28.0 Å². The van der Waals surface area contributed by atoms with Gasteiger partial charge in [-0.25, -0.2) is 4.52 Å². The summed E-state index contributed by atoms with van der Waals surface area (Å²) in [5.41, 5.74) is 4.89. The number of benzene rings is 1. The van der Waals surface area contributed by atoms with Crippen LogP contribution in [0.4, 0.5) is 8.78 Å². The van der Waals surface area contributed by atoms with E-state index in [0.717, 1.165) is 12.1 Å². The van der Waals surface area contributed by atoms with E-state index in [1.807, 2.05) is 11.9 Å². The van der Waals surface area contributed by atoms with E-state index >= 15 is 0 Å². The second-order valence-electron chi connectivity index (χ2n) is 10.3. The molecular formula is C25H33F2N6O7P. The number of aromatic nitrogens is 1. The van der Waals surface area contributed by atoms with Gasteiger partial charge in [0.05, 0.1) is 5.56 Å². The fourth-order valence-corrected chi connectivity index (χ4v) is 5.62. The number of primary amides is 1. The minimum atomic E-state index is -3.96. The van der Waals surface area contributed by atoms with E-state index in [1.54, 1.807) is 4.90 Å². The smallest absolute Gasteiger partial charge is 0.370 e. The number of halogens is 2. The fourth-order valence-electron chi connectivity index (χ4n) is 5.31. The summed E-state index contributed by atoms with van der Waals surface area (Å²) >= 11 is 0. The van der Waals surface area contributed by atoms with Crippen LogP contribution < -0.4 is 16.4 Å². The molecule has 2 aliphatic rings. The summed E-state index contributed by atoms with van der Waals surface area (Å²) in [4.78, 5) is 74.8. The summed E-state index contributed by atoms with van der Waals surface area (Å²) < 4.78 is 32.3. The van der Waals surface area contributed by atoms with Crippen molar-refractivity contribution in [1.29, 1.82) is 0 Å². The molecule has 41 heavy (non-hydrogen) atoms. The first kappa shape index (κ1) is 30.7. The lowest BCUT2D eigenvalue weighted by molar-refractivity contribution is -0.189. The summed E-state index contributed by atoms with van der Waals surface area (Å²) in [5, 5.41) is 5.74. The Labute approximate surface area is 235 Å². The summed E-state index contributed by atoms with van der Waals surface area (Å²) in [6.45, 7) is 1.08. The van der Waals surface area contributed by atoms with Crippen LogP contribution in [0.3, 0.4) is 0 Å². The summed E-state index contributed by atoms with van der Waals surface area (Å²) in [6, 6.07) is 2.84. The molecule has 4 amide bonds. The number of H-pyrrole nitrogens is 1. The maximum absolute atomic E-state index is 14.2. The van der Waals surface area contributed by atoms with Crippen LogP contribution in [0.5, 0.6) is 0 Å². The second-order valence-corrected chi connectivity index (χ2v) is 11.0. The van der Waals surface area contributed by atoms with Gasteiger partial charge in [0, 0.05) is 36.5 Å². The molecule has 0 bridgehead atoms. The average molecular weight is 599 g/mol. The van der Waals surface area contributed by atoms with E-state index < -0.39 is 50.1 Å². The number of hydrogen-bond donors (Lipinski definition) is 6. The number of carbonyl (C=O) groups is 4. The minimum absolute atomic E-state index is 0.0205. The number of carbonyl (C=O) groups excluding carboxylic acids is 4. The monoisotopic (exact) mass is 598 g/mol. The molecule has 16 heteroatoms. The quantitative estimate of drug-likeness (QED) is 0.169. The lowest BCUT2D eigenvalue weighted by atomic mass is 10.1. The number of aromatic amines is 1. The van der Waals surface area contributed by atoms with Gasteiger partial charge in [-0.1, -0.05) is 0 Å². The van der Waals surface area contributed by atoms with Gasteiger partial charge < -0.3 is 40.9 Å². The highest BCUT2D eigenvalue weighted by Crippen LogP contribution is 2.42. The maximum atomic E-state index is 14.2. The van der Waals surface area contributed by atoms with Gasteiger partial charge in [0.2, 0.25) is 17.7 Å². The van der Waals surface area contributed by atoms with Crippen molar-refractivity contribution < 1.29 is 42.3 Å². The number of nitrogens with one attached hydrogen (secondary N) is 3. The van der Waals surface area contributed by atoms with Gasteiger partial charge in [-0.05, 0) is 63.5 Å². The van der Waals surface area contributed by atoms with Crippen LogP contribution in [0.25, 0.3) is 10.9 Å². The van der Waals surface area contributed by atoms with Gasteiger partial charge in [-0.3, -0.25) is 19.2 Å². The molecule has 0 spiro atoms. The molecule has 1 aromatic carbocycles. The molecule has 2 saturated heterocycles. The zero-order chi connectivity index (χ0) is 29.9. The topological polar surface area (TPSA) is 190 Å². The molecule has 224 valence electrons. The summed E-state index contributed by atoms with van der Waals surface area (Å²) in [5.74, 6) is -1.84. The van der Waals surface area contributed by atoms with Crippen LogP contribution in [0.2, 0.25) is 0 Å². The third kappa shape index (κ3) is 7.35. The standard InChI is InChI=1S/C25H33F2N6O7P/c1-32-10-8-16-5-7-20(23(36)29-9-2-3-21(28)34)33(16)24(37)19(13-32)31-22(35)18-12-14-11-15(4-6-17(14)30-18)25(26,27)40-41(38)39/h4,6,11-12,16,19-20,30,38-39H,2-3,5,7-10,13H2,1H3,(H2,28,34)(H,29,36)(H,31,35)/t16-,19+,20+/m1/s1. The van der Waals surface area contributed by atoms with E-state index in [4.69, 9.17) is 15.5 Å². The average Bonchev–Trinajstić information content (AvgIpc) is 3.51.